The Morgan fingerprint density at radius 2 is 1.29 bits per heavy atom. The van der Waals surface area contributed by atoms with Crippen molar-refractivity contribution < 1.29 is 24.2 Å². The molecule has 0 bridgehead atoms. The molecule has 2 unspecified atom stereocenters. The van der Waals surface area contributed by atoms with Crippen molar-refractivity contribution in [3.63, 3.8) is 0 Å². The Balaban J connectivity index is 3.87. The van der Waals surface area contributed by atoms with E-state index in [1.54, 1.807) is 0 Å². The molecule has 0 saturated heterocycles. The molecule has 0 fully saturated rings. The predicted molar refractivity (Wildman–Crippen MR) is 136 cm³/mol. The van der Waals surface area contributed by atoms with Gasteiger partial charge >= 0.3 is 11.9 Å². The Labute approximate surface area is 206 Å². The predicted octanol–water partition coefficient (Wildman–Crippen LogP) is 4.43. The van der Waals surface area contributed by atoms with Crippen LogP contribution in [0.1, 0.15) is 122 Å². The third-order valence-corrected chi connectivity index (χ3v) is 6.03. The first kappa shape index (κ1) is 32.3. The number of ether oxygens (including phenoxy) is 1. The minimum Gasteiger partial charge on any atom is -0.481 e. The van der Waals surface area contributed by atoms with Crippen molar-refractivity contribution in [2.75, 3.05) is 13.2 Å². The van der Waals surface area contributed by atoms with Gasteiger partial charge in [0.25, 0.3) is 0 Å². The van der Waals surface area contributed by atoms with E-state index in [4.69, 9.17) is 21.3 Å². The number of amides is 1. The van der Waals surface area contributed by atoms with E-state index >= 15 is 0 Å². The summed E-state index contributed by atoms with van der Waals surface area (Å²) < 4.78 is 5.22. The Morgan fingerprint density at radius 1 is 0.794 bits per heavy atom. The lowest BCUT2D eigenvalue weighted by atomic mass is 10.0. The molecule has 0 aliphatic carbocycles. The van der Waals surface area contributed by atoms with Gasteiger partial charge in [-0.1, -0.05) is 96.8 Å². The van der Waals surface area contributed by atoms with Crippen LogP contribution in [-0.4, -0.2) is 48.2 Å². The van der Waals surface area contributed by atoms with Gasteiger partial charge in [-0.3, -0.25) is 9.59 Å². The average molecular weight is 486 g/mol. The number of hydrogen-bond donors (Lipinski definition) is 4. The number of unbranched alkanes of at least 4 members (excludes halogenated alkanes) is 14. The second-order valence-corrected chi connectivity index (χ2v) is 9.31. The summed E-state index contributed by atoms with van der Waals surface area (Å²) in [7, 11) is 0. The van der Waals surface area contributed by atoms with E-state index in [-0.39, 0.29) is 6.61 Å². The lowest BCUT2D eigenvalue weighted by molar-refractivity contribution is -0.152. The summed E-state index contributed by atoms with van der Waals surface area (Å²) in [6, 6.07) is -2.03. The number of carbonyl (C=O) groups excluding carboxylic acids is 2. The number of nitrogens with one attached hydrogen (secondary N) is 1. The lowest BCUT2D eigenvalue weighted by Gasteiger charge is -2.18. The van der Waals surface area contributed by atoms with Crippen LogP contribution in [0.4, 0.5) is 0 Å². The normalized spacial score (nSPS) is 12.8. The van der Waals surface area contributed by atoms with E-state index in [0.29, 0.717) is 19.4 Å². The first-order valence-corrected chi connectivity index (χ1v) is 13.6. The molecular weight excluding hydrogens is 434 g/mol. The van der Waals surface area contributed by atoms with Crippen molar-refractivity contribution in [3.05, 3.63) is 0 Å². The first-order valence-electron chi connectivity index (χ1n) is 13.6. The van der Waals surface area contributed by atoms with E-state index in [0.717, 1.165) is 25.7 Å². The van der Waals surface area contributed by atoms with Crippen LogP contribution in [0.25, 0.3) is 0 Å². The zero-order valence-corrected chi connectivity index (χ0v) is 21.5. The van der Waals surface area contributed by atoms with Crippen molar-refractivity contribution in [2.45, 2.75) is 135 Å². The van der Waals surface area contributed by atoms with Crippen LogP contribution in [0.3, 0.4) is 0 Å². The molecule has 1 amide bonds. The largest absolute Gasteiger partial charge is 0.481 e. The minimum absolute atomic E-state index is 0.228. The standard InChI is InChI=1S/C26H51N3O5/c1-2-3-4-5-6-7-8-9-10-11-12-13-14-17-20-34-26(33)23(21-24(30)31)29-25(32)22(28)18-15-16-19-27/h22-23H,2-21,27-28H2,1H3,(H,29,32)(H,30,31). The van der Waals surface area contributed by atoms with Crippen molar-refractivity contribution >= 4 is 17.8 Å². The monoisotopic (exact) mass is 485 g/mol. The second-order valence-electron chi connectivity index (χ2n) is 9.31. The molecule has 0 radical (unpaired) electrons. The van der Waals surface area contributed by atoms with Crippen LogP contribution >= 0.6 is 0 Å². The molecule has 8 nitrogen and oxygen atoms in total. The van der Waals surface area contributed by atoms with Gasteiger partial charge in [-0.25, -0.2) is 4.79 Å². The van der Waals surface area contributed by atoms with Crippen molar-refractivity contribution in [2.24, 2.45) is 11.5 Å². The number of esters is 1. The summed E-state index contributed by atoms with van der Waals surface area (Å²) in [6.45, 7) is 2.99. The Bertz CT molecular complexity index is 531. The van der Waals surface area contributed by atoms with Gasteiger partial charge in [0.2, 0.25) is 5.91 Å². The summed E-state index contributed by atoms with van der Waals surface area (Å²) in [6.07, 6.45) is 18.7. The van der Waals surface area contributed by atoms with Crippen LogP contribution < -0.4 is 16.8 Å². The maximum Gasteiger partial charge on any atom is 0.329 e. The van der Waals surface area contributed by atoms with Gasteiger partial charge < -0.3 is 26.6 Å². The molecule has 0 aliphatic heterocycles. The number of rotatable bonds is 24. The molecule has 2 atom stereocenters. The molecule has 0 saturated carbocycles. The zero-order chi connectivity index (χ0) is 25.4. The van der Waals surface area contributed by atoms with Crippen molar-refractivity contribution in [1.82, 2.24) is 5.32 Å². The van der Waals surface area contributed by atoms with Gasteiger partial charge in [-0.2, -0.15) is 0 Å². The third-order valence-electron chi connectivity index (χ3n) is 6.03. The quantitative estimate of drug-likeness (QED) is 0.117. The van der Waals surface area contributed by atoms with Crippen molar-refractivity contribution in [3.8, 4) is 0 Å². The van der Waals surface area contributed by atoms with Gasteiger partial charge in [0.15, 0.2) is 0 Å². The molecule has 0 aromatic heterocycles. The smallest absolute Gasteiger partial charge is 0.329 e. The fourth-order valence-corrected chi connectivity index (χ4v) is 3.86. The number of aliphatic carboxylic acids is 1. The van der Waals surface area contributed by atoms with Crippen LogP contribution in [0.5, 0.6) is 0 Å². The molecule has 0 aromatic rings. The van der Waals surface area contributed by atoms with E-state index in [2.05, 4.69) is 12.2 Å². The van der Waals surface area contributed by atoms with Crippen LogP contribution in [-0.2, 0) is 19.1 Å². The fraction of sp³-hybridized carbons (Fsp3) is 0.885. The number of carbonyl (C=O) groups is 3. The summed E-state index contributed by atoms with van der Waals surface area (Å²) in [5, 5.41) is 11.5. The number of nitrogens with two attached hydrogens (primary N) is 2. The molecular formula is C26H51N3O5. The summed E-state index contributed by atoms with van der Waals surface area (Å²) in [4.78, 5) is 35.5. The van der Waals surface area contributed by atoms with E-state index in [1.807, 2.05) is 0 Å². The van der Waals surface area contributed by atoms with Crippen LogP contribution in [0.15, 0.2) is 0 Å². The van der Waals surface area contributed by atoms with Crippen LogP contribution in [0, 0.1) is 0 Å². The second kappa shape index (κ2) is 23.1. The summed E-state index contributed by atoms with van der Waals surface area (Å²) in [5.74, 6) is -2.45. The van der Waals surface area contributed by atoms with Gasteiger partial charge in [0.1, 0.15) is 6.04 Å². The third kappa shape index (κ3) is 19.8. The highest BCUT2D eigenvalue weighted by Gasteiger charge is 2.27. The average Bonchev–Trinajstić information content (AvgIpc) is 2.80. The Kier molecular flexibility index (Phi) is 22.0. The fourth-order valence-electron chi connectivity index (χ4n) is 3.86. The number of hydrogen-bond acceptors (Lipinski definition) is 6. The zero-order valence-electron chi connectivity index (χ0n) is 21.5. The highest BCUT2D eigenvalue weighted by Crippen LogP contribution is 2.13. The van der Waals surface area contributed by atoms with Gasteiger partial charge in [0, 0.05) is 0 Å². The van der Waals surface area contributed by atoms with Crippen molar-refractivity contribution in [1.29, 1.82) is 0 Å². The first-order chi connectivity index (χ1) is 16.4. The molecule has 0 aromatic carbocycles. The summed E-state index contributed by atoms with van der Waals surface area (Å²) in [5.41, 5.74) is 11.2. The Morgan fingerprint density at radius 3 is 1.76 bits per heavy atom. The minimum atomic E-state index is -1.22. The SMILES string of the molecule is CCCCCCCCCCCCCCCCOC(=O)C(CC(=O)O)NC(=O)C(N)CCCCN. The maximum absolute atomic E-state index is 12.3. The number of carboxylic acids is 1. The molecule has 0 rings (SSSR count). The van der Waals surface area contributed by atoms with E-state index < -0.39 is 36.4 Å². The van der Waals surface area contributed by atoms with Crippen LogP contribution in [0.2, 0.25) is 0 Å². The highest BCUT2D eigenvalue weighted by molar-refractivity contribution is 5.89. The molecule has 0 aliphatic rings. The van der Waals surface area contributed by atoms with E-state index in [9.17, 15) is 14.4 Å². The van der Waals surface area contributed by atoms with Gasteiger partial charge in [-0.15, -0.1) is 0 Å². The Hall–Kier alpha value is -1.67. The topological polar surface area (TPSA) is 145 Å². The summed E-state index contributed by atoms with van der Waals surface area (Å²) >= 11 is 0. The lowest BCUT2D eigenvalue weighted by Crippen LogP contribution is -2.49. The maximum atomic E-state index is 12.3. The number of carboxylic acid groups (broad SMARTS) is 1. The van der Waals surface area contributed by atoms with Gasteiger partial charge in [-0.05, 0) is 25.8 Å². The highest BCUT2D eigenvalue weighted by atomic mass is 16.5. The molecule has 0 spiro atoms. The molecule has 34 heavy (non-hydrogen) atoms. The molecule has 6 N–H and O–H groups in total. The molecule has 200 valence electrons. The molecule has 0 heterocycles. The van der Waals surface area contributed by atoms with E-state index in [1.165, 1.54) is 70.6 Å². The molecule has 8 heteroatoms. The van der Waals surface area contributed by atoms with Gasteiger partial charge in [0.05, 0.1) is 19.1 Å².